The van der Waals surface area contributed by atoms with Gasteiger partial charge in [-0.05, 0) is 23.1 Å². The Morgan fingerprint density at radius 1 is 1.00 bits per heavy atom. The number of carbonyl (C=O) groups is 1. The maximum absolute atomic E-state index is 12.1. The highest BCUT2D eigenvalue weighted by atomic mass is 16.6. The molecule has 3 heteroatoms. The van der Waals surface area contributed by atoms with Crippen LogP contribution in [0.25, 0.3) is 0 Å². The van der Waals surface area contributed by atoms with Gasteiger partial charge in [0.15, 0.2) is 0 Å². The molecular formula is C17H15NO2. The first-order valence-electron chi connectivity index (χ1n) is 6.92. The maximum Gasteiger partial charge on any atom is 0.411 e. The molecule has 100 valence electrons. The van der Waals surface area contributed by atoms with E-state index in [9.17, 15) is 4.79 Å². The molecule has 0 aliphatic carbocycles. The van der Waals surface area contributed by atoms with E-state index in [1.165, 1.54) is 11.1 Å². The predicted molar refractivity (Wildman–Crippen MR) is 75.4 cm³/mol. The smallest absolute Gasteiger partial charge is 0.411 e. The average Bonchev–Trinajstić information content (AvgIpc) is 2.87. The summed E-state index contributed by atoms with van der Waals surface area (Å²) in [5.74, 6) is 0. The summed E-state index contributed by atoms with van der Waals surface area (Å²) < 4.78 is 5.27. The number of fused-ring (bicyclic) bond motifs is 2. The molecule has 2 aromatic carbocycles. The molecule has 0 bridgehead atoms. The Hall–Kier alpha value is -2.29. The molecular weight excluding hydrogens is 250 g/mol. The van der Waals surface area contributed by atoms with E-state index < -0.39 is 0 Å². The van der Waals surface area contributed by atoms with Crippen LogP contribution in [-0.4, -0.2) is 23.6 Å². The molecule has 1 fully saturated rings. The lowest BCUT2D eigenvalue weighted by atomic mass is 9.85. The fourth-order valence-corrected chi connectivity index (χ4v) is 3.31. The molecule has 0 spiro atoms. The molecule has 3 nitrogen and oxygen atoms in total. The number of benzene rings is 2. The van der Waals surface area contributed by atoms with Gasteiger partial charge >= 0.3 is 6.09 Å². The quantitative estimate of drug-likeness (QED) is 0.792. The minimum Gasteiger partial charge on any atom is -0.447 e. The van der Waals surface area contributed by atoms with Crippen molar-refractivity contribution in [3.05, 3.63) is 71.3 Å². The highest BCUT2D eigenvalue weighted by Crippen LogP contribution is 2.40. The van der Waals surface area contributed by atoms with Gasteiger partial charge in [0, 0.05) is 0 Å². The Morgan fingerprint density at radius 3 is 2.60 bits per heavy atom. The number of cyclic esters (lactones) is 1. The number of hydrogen-bond acceptors (Lipinski definition) is 2. The molecule has 2 heterocycles. The molecule has 0 saturated carbocycles. The molecule has 0 aromatic heterocycles. The van der Waals surface area contributed by atoms with Crippen molar-refractivity contribution >= 4 is 6.09 Å². The fraction of sp³-hybridized carbons (Fsp3) is 0.235. The average molecular weight is 265 g/mol. The number of ether oxygens (including phenoxy) is 1. The predicted octanol–water partition coefficient (Wildman–Crippen LogP) is 3.15. The van der Waals surface area contributed by atoms with E-state index in [0.717, 1.165) is 12.0 Å². The van der Waals surface area contributed by atoms with Crippen LogP contribution in [0.5, 0.6) is 0 Å². The minimum atomic E-state index is -0.196. The van der Waals surface area contributed by atoms with Crippen molar-refractivity contribution in [2.24, 2.45) is 0 Å². The van der Waals surface area contributed by atoms with Gasteiger partial charge in [-0.1, -0.05) is 54.6 Å². The summed E-state index contributed by atoms with van der Waals surface area (Å²) in [4.78, 5) is 14.0. The third-order valence-electron chi connectivity index (χ3n) is 4.20. The first-order chi connectivity index (χ1) is 9.84. The van der Waals surface area contributed by atoms with Crippen molar-refractivity contribution in [3.8, 4) is 0 Å². The van der Waals surface area contributed by atoms with Crippen molar-refractivity contribution in [1.29, 1.82) is 0 Å². The van der Waals surface area contributed by atoms with Crippen molar-refractivity contribution in [1.82, 2.24) is 4.90 Å². The Bertz CT molecular complexity index is 653. The number of rotatable bonds is 1. The van der Waals surface area contributed by atoms with Gasteiger partial charge < -0.3 is 4.74 Å². The van der Waals surface area contributed by atoms with Gasteiger partial charge in [-0.2, -0.15) is 0 Å². The summed E-state index contributed by atoms with van der Waals surface area (Å²) in [6, 6.07) is 18.7. The molecule has 20 heavy (non-hydrogen) atoms. The van der Waals surface area contributed by atoms with E-state index >= 15 is 0 Å². The van der Waals surface area contributed by atoms with Crippen LogP contribution < -0.4 is 0 Å². The summed E-state index contributed by atoms with van der Waals surface area (Å²) in [5, 5.41) is 0. The van der Waals surface area contributed by atoms with Gasteiger partial charge in [-0.3, -0.25) is 4.90 Å². The molecule has 1 saturated heterocycles. The summed E-state index contributed by atoms with van der Waals surface area (Å²) in [6.07, 6.45) is 0.684. The van der Waals surface area contributed by atoms with E-state index in [1.54, 1.807) is 0 Å². The molecule has 2 aromatic rings. The number of amides is 1. The normalized spacial score (nSPS) is 24.0. The number of hydrogen-bond donors (Lipinski definition) is 0. The summed E-state index contributed by atoms with van der Waals surface area (Å²) in [5.41, 5.74) is 3.68. The topological polar surface area (TPSA) is 29.5 Å². The molecule has 0 N–H and O–H groups in total. The van der Waals surface area contributed by atoms with Gasteiger partial charge in [0.1, 0.15) is 6.61 Å². The zero-order valence-electron chi connectivity index (χ0n) is 11.0. The zero-order chi connectivity index (χ0) is 13.5. The van der Waals surface area contributed by atoms with Crippen LogP contribution >= 0.6 is 0 Å². The van der Waals surface area contributed by atoms with Crippen LogP contribution in [0.1, 0.15) is 22.7 Å². The van der Waals surface area contributed by atoms with E-state index in [4.69, 9.17) is 4.74 Å². The van der Waals surface area contributed by atoms with Crippen LogP contribution in [0.15, 0.2) is 54.6 Å². The van der Waals surface area contributed by atoms with Crippen molar-refractivity contribution in [2.75, 3.05) is 6.61 Å². The van der Waals surface area contributed by atoms with Crippen LogP contribution in [-0.2, 0) is 11.2 Å². The van der Waals surface area contributed by atoms with Gasteiger partial charge in [0.05, 0.1) is 12.1 Å². The second kappa shape index (κ2) is 4.37. The Kier molecular flexibility index (Phi) is 2.52. The minimum absolute atomic E-state index is 0.0267. The van der Waals surface area contributed by atoms with Crippen LogP contribution in [0.4, 0.5) is 4.79 Å². The third-order valence-corrected chi connectivity index (χ3v) is 4.20. The molecule has 0 unspecified atom stereocenters. The second-order valence-corrected chi connectivity index (χ2v) is 5.35. The Morgan fingerprint density at radius 2 is 1.75 bits per heavy atom. The fourth-order valence-electron chi connectivity index (χ4n) is 3.31. The lowest BCUT2D eigenvalue weighted by molar-refractivity contribution is 0.148. The highest BCUT2D eigenvalue weighted by Gasteiger charge is 2.43. The molecule has 1 amide bonds. The first kappa shape index (κ1) is 11.5. The summed E-state index contributed by atoms with van der Waals surface area (Å²) in [7, 11) is 0. The van der Waals surface area contributed by atoms with Crippen molar-refractivity contribution in [3.63, 3.8) is 0 Å². The van der Waals surface area contributed by atoms with Crippen LogP contribution in [0.2, 0.25) is 0 Å². The van der Waals surface area contributed by atoms with Gasteiger partial charge in [0.25, 0.3) is 0 Å². The molecule has 2 atom stereocenters. The molecule has 2 aliphatic heterocycles. The number of nitrogens with zero attached hydrogens (tertiary/aromatic N) is 1. The second-order valence-electron chi connectivity index (χ2n) is 5.35. The van der Waals surface area contributed by atoms with Gasteiger partial charge in [-0.25, -0.2) is 4.79 Å². The van der Waals surface area contributed by atoms with Crippen molar-refractivity contribution < 1.29 is 9.53 Å². The van der Waals surface area contributed by atoms with E-state index in [-0.39, 0.29) is 18.2 Å². The van der Waals surface area contributed by atoms with Crippen LogP contribution in [0.3, 0.4) is 0 Å². The van der Waals surface area contributed by atoms with E-state index in [1.807, 2.05) is 29.2 Å². The lowest BCUT2D eigenvalue weighted by Gasteiger charge is -2.37. The molecule has 2 aliphatic rings. The van der Waals surface area contributed by atoms with E-state index in [0.29, 0.717) is 6.61 Å². The van der Waals surface area contributed by atoms with E-state index in [2.05, 4.69) is 30.3 Å². The molecule has 0 radical (unpaired) electrons. The summed E-state index contributed by atoms with van der Waals surface area (Å²) in [6.45, 7) is 0.497. The highest BCUT2D eigenvalue weighted by molar-refractivity contribution is 5.72. The number of carbonyl (C=O) groups excluding carboxylic acids is 1. The van der Waals surface area contributed by atoms with Crippen LogP contribution in [0, 0.1) is 0 Å². The largest absolute Gasteiger partial charge is 0.447 e. The SMILES string of the molecule is O=C1OC[C@@H]2Cc3ccccc3[C@H](c3ccccc3)N12. The zero-order valence-corrected chi connectivity index (χ0v) is 11.0. The maximum atomic E-state index is 12.1. The monoisotopic (exact) mass is 265 g/mol. The lowest BCUT2D eigenvalue weighted by Crippen LogP contribution is -2.42. The Labute approximate surface area is 117 Å². The third kappa shape index (κ3) is 1.63. The van der Waals surface area contributed by atoms with Gasteiger partial charge in [-0.15, -0.1) is 0 Å². The van der Waals surface area contributed by atoms with Crippen molar-refractivity contribution in [2.45, 2.75) is 18.5 Å². The van der Waals surface area contributed by atoms with Gasteiger partial charge in [0.2, 0.25) is 0 Å². The summed E-state index contributed by atoms with van der Waals surface area (Å²) >= 11 is 0. The first-order valence-corrected chi connectivity index (χ1v) is 6.92. The Balaban J connectivity index is 1.90. The molecule has 4 rings (SSSR count). The standard InChI is InChI=1S/C17H15NO2/c19-17-18-14(11-20-17)10-13-8-4-5-9-15(13)16(18)12-6-2-1-3-7-12/h1-9,14,16H,10-11H2/t14-,16-/m0/s1.